The lowest BCUT2D eigenvalue weighted by Crippen LogP contribution is -2.27. The molecule has 98 valence electrons. The minimum atomic E-state index is -0.491. The number of amides is 1. The van der Waals surface area contributed by atoms with Gasteiger partial charge in [-0.2, -0.15) is 0 Å². The van der Waals surface area contributed by atoms with E-state index in [4.69, 9.17) is 9.47 Å². The lowest BCUT2D eigenvalue weighted by atomic mass is 10.1. The molecule has 1 atom stereocenters. The van der Waals surface area contributed by atoms with E-state index in [1.54, 1.807) is 0 Å². The molecule has 1 fully saturated rings. The van der Waals surface area contributed by atoms with E-state index in [1.165, 1.54) is 0 Å². The van der Waals surface area contributed by atoms with E-state index in [1.807, 2.05) is 45.9 Å². The van der Waals surface area contributed by atoms with E-state index in [2.05, 4.69) is 5.32 Å². The van der Waals surface area contributed by atoms with Crippen molar-refractivity contribution in [3.05, 3.63) is 29.3 Å². The Bertz CT molecular complexity index is 459. The number of rotatable bonds is 2. The van der Waals surface area contributed by atoms with Crippen LogP contribution in [0.1, 0.15) is 38.0 Å². The van der Waals surface area contributed by atoms with Crippen molar-refractivity contribution >= 4 is 11.8 Å². The van der Waals surface area contributed by atoms with E-state index in [0.29, 0.717) is 0 Å². The molecule has 1 aliphatic rings. The van der Waals surface area contributed by atoms with Gasteiger partial charge in [-0.15, -0.1) is 0 Å². The molecule has 4 nitrogen and oxygen atoms in total. The molecule has 2 rings (SSSR count). The molecule has 1 heterocycles. The third kappa shape index (κ3) is 3.47. The van der Waals surface area contributed by atoms with Gasteiger partial charge in [-0.05, 0) is 44.9 Å². The van der Waals surface area contributed by atoms with Crippen LogP contribution in [0.25, 0.3) is 0 Å². The van der Waals surface area contributed by atoms with Crippen molar-refractivity contribution in [1.82, 2.24) is 0 Å². The highest BCUT2D eigenvalue weighted by molar-refractivity contribution is 5.86. The average Bonchev–Trinajstić information content (AvgIpc) is 3.01. The van der Waals surface area contributed by atoms with Crippen molar-refractivity contribution < 1.29 is 14.3 Å². The zero-order chi connectivity index (χ0) is 13.3. The van der Waals surface area contributed by atoms with E-state index < -0.39 is 11.7 Å². The van der Waals surface area contributed by atoms with Crippen LogP contribution in [-0.2, 0) is 9.47 Å². The molecule has 1 amide bonds. The summed E-state index contributed by atoms with van der Waals surface area (Å²) in [4.78, 5) is 11.7. The normalized spacial score (nSPS) is 18.3. The number of anilines is 1. The molecule has 0 aliphatic carbocycles. The molecule has 0 unspecified atom stereocenters. The summed E-state index contributed by atoms with van der Waals surface area (Å²) in [6.45, 7) is 8.23. The van der Waals surface area contributed by atoms with Crippen molar-refractivity contribution in [2.75, 3.05) is 11.9 Å². The standard InChI is InChI=1S/C14H19NO3/c1-9-5-6-10(12-8-17-12)7-11(9)15-13(16)18-14(2,3)4/h5-7,12H,8H2,1-4H3,(H,15,16)/t12-/m0/s1. The number of benzene rings is 1. The molecule has 1 saturated heterocycles. The van der Waals surface area contributed by atoms with Crippen LogP contribution in [-0.4, -0.2) is 18.3 Å². The first-order valence-electron chi connectivity index (χ1n) is 6.07. The van der Waals surface area contributed by atoms with E-state index in [9.17, 15) is 4.79 Å². The van der Waals surface area contributed by atoms with Gasteiger partial charge in [0.25, 0.3) is 0 Å². The van der Waals surface area contributed by atoms with Gasteiger partial charge in [-0.25, -0.2) is 4.79 Å². The SMILES string of the molecule is Cc1ccc([C@@H]2CO2)cc1NC(=O)OC(C)(C)C. The Kier molecular flexibility index (Phi) is 3.30. The number of carbonyl (C=O) groups excluding carboxylic acids is 1. The molecule has 1 N–H and O–H groups in total. The van der Waals surface area contributed by atoms with Gasteiger partial charge in [-0.3, -0.25) is 5.32 Å². The Morgan fingerprint density at radius 1 is 1.44 bits per heavy atom. The number of carbonyl (C=O) groups is 1. The lowest BCUT2D eigenvalue weighted by Gasteiger charge is -2.20. The van der Waals surface area contributed by atoms with Crippen LogP contribution in [0.4, 0.5) is 10.5 Å². The summed E-state index contributed by atoms with van der Waals surface area (Å²) in [6, 6.07) is 5.94. The molecule has 0 radical (unpaired) electrons. The second-order valence-electron chi connectivity index (χ2n) is 5.52. The summed E-state index contributed by atoms with van der Waals surface area (Å²) >= 11 is 0. The van der Waals surface area contributed by atoms with E-state index in [-0.39, 0.29) is 6.10 Å². The van der Waals surface area contributed by atoms with Crippen molar-refractivity contribution in [2.45, 2.75) is 39.4 Å². The smallest absolute Gasteiger partial charge is 0.412 e. The summed E-state index contributed by atoms with van der Waals surface area (Å²) in [5.74, 6) is 0. The summed E-state index contributed by atoms with van der Waals surface area (Å²) in [7, 11) is 0. The highest BCUT2D eigenvalue weighted by atomic mass is 16.6. The molecule has 1 aromatic carbocycles. The highest BCUT2D eigenvalue weighted by Crippen LogP contribution is 2.32. The first-order chi connectivity index (χ1) is 8.35. The Hall–Kier alpha value is -1.55. The molecule has 0 spiro atoms. The Balaban J connectivity index is 2.08. The average molecular weight is 249 g/mol. The predicted octanol–water partition coefficient (Wildman–Crippen LogP) is 3.41. The quantitative estimate of drug-likeness (QED) is 0.817. The third-order valence-electron chi connectivity index (χ3n) is 2.60. The largest absolute Gasteiger partial charge is 0.444 e. The maximum Gasteiger partial charge on any atom is 0.412 e. The molecule has 18 heavy (non-hydrogen) atoms. The maximum absolute atomic E-state index is 11.7. The Morgan fingerprint density at radius 2 is 2.11 bits per heavy atom. The number of epoxide rings is 1. The van der Waals surface area contributed by atoms with Gasteiger partial charge in [0, 0.05) is 5.69 Å². The van der Waals surface area contributed by atoms with Gasteiger partial charge in [0.2, 0.25) is 0 Å². The minimum absolute atomic E-state index is 0.185. The fourth-order valence-electron chi connectivity index (χ4n) is 1.63. The van der Waals surface area contributed by atoms with Gasteiger partial charge in [-0.1, -0.05) is 12.1 Å². The lowest BCUT2D eigenvalue weighted by molar-refractivity contribution is 0.0636. The monoisotopic (exact) mass is 249 g/mol. The first-order valence-corrected chi connectivity index (χ1v) is 6.07. The predicted molar refractivity (Wildman–Crippen MR) is 69.7 cm³/mol. The number of aryl methyl sites for hydroxylation is 1. The number of hydrogen-bond donors (Lipinski definition) is 1. The summed E-state index contributed by atoms with van der Waals surface area (Å²) in [6.07, 6.45) is -0.246. The Labute approximate surface area is 107 Å². The van der Waals surface area contributed by atoms with Gasteiger partial charge in [0.15, 0.2) is 0 Å². The minimum Gasteiger partial charge on any atom is -0.444 e. The van der Waals surface area contributed by atoms with Gasteiger partial charge in [0.1, 0.15) is 11.7 Å². The van der Waals surface area contributed by atoms with E-state index >= 15 is 0 Å². The summed E-state index contributed by atoms with van der Waals surface area (Å²) < 4.78 is 10.5. The van der Waals surface area contributed by atoms with Gasteiger partial charge < -0.3 is 9.47 Å². The second kappa shape index (κ2) is 4.61. The summed E-state index contributed by atoms with van der Waals surface area (Å²) in [5.41, 5.74) is 2.38. The molecule has 0 bridgehead atoms. The van der Waals surface area contributed by atoms with Crippen LogP contribution >= 0.6 is 0 Å². The number of ether oxygens (including phenoxy) is 2. The Morgan fingerprint density at radius 3 is 2.67 bits per heavy atom. The highest BCUT2D eigenvalue weighted by Gasteiger charge is 2.25. The number of hydrogen-bond acceptors (Lipinski definition) is 3. The molecular weight excluding hydrogens is 230 g/mol. The molecular formula is C14H19NO3. The molecule has 0 saturated carbocycles. The zero-order valence-corrected chi connectivity index (χ0v) is 11.2. The van der Waals surface area contributed by atoms with Gasteiger partial charge in [0.05, 0.1) is 6.61 Å². The first kappa shape index (κ1) is 12.9. The van der Waals surface area contributed by atoms with E-state index in [0.717, 1.165) is 23.4 Å². The van der Waals surface area contributed by atoms with Crippen LogP contribution in [0.5, 0.6) is 0 Å². The van der Waals surface area contributed by atoms with Crippen LogP contribution in [0, 0.1) is 6.92 Å². The van der Waals surface area contributed by atoms with Crippen molar-refractivity contribution in [1.29, 1.82) is 0 Å². The fourth-order valence-corrected chi connectivity index (χ4v) is 1.63. The topological polar surface area (TPSA) is 50.9 Å². The number of nitrogens with one attached hydrogen (secondary N) is 1. The van der Waals surface area contributed by atoms with Crippen LogP contribution in [0.15, 0.2) is 18.2 Å². The second-order valence-corrected chi connectivity index (χ2v) is 5.52. The maximum atomic E-state index is 11.7. The van der Waals surface area contributed by atoms with Crippen LogP contribution in [0.2, 0.25) is 0 Å². The van der Waals surface area contributed by atoms with Crippen molar-refractivity contribution in [3.63, 3.8) is 0 Å². The fraction of sp³-hybridized carbons (Fsp3) is 0.500. The van der Waals surface area contributed by atoms with Crippen molar-refractivity contribution in [3.8, 4) is 0 Å². The molecule has 1 aromatic rings. The molecule has 4 heteroatoms. The van der Waals surface area contributed by atoms with Crippen molar-refractivity contribution in [2.24, 2.45) is 0 Å². The third-order valence-corrected chi connectivity index (χ3v) is 2.60. The molecule has 1 aliphatic heterocycles. The summed E-state index contributed by atoms with van der Waals surface area (Å²) in [5, 5.41) is 2.77. The molecule has 0 aromatic heterocycles. The zero-order valence-electron chi connectivity index (χ0n) is 11.2. The van der Waals surface area contributed by atoms with Crippen LogP contribution < -0.4 is 5.32 Å². The van der Waals surface area contributed by atoms with Crippen LogP contribution in [0.3, 0.4) is 0 Å². The van der Waals surface area contributed by atoms with Gasteiger partial charge >= 0.3 is 6.09 Å².